The second-order valence-corrected chi connectivity index (χ2v) is 7.95. The molecule has 29 heavy (non-hydrogen) atoms. The zero-order chi connectivity index (χ0) is 21.1. The molecule has 1 unspecified atom stereocenters. The van der Waals surface area contributed by atoms with Crippen LogP contribution in [-0.4, -0.2) is 35.2 Å². The molecule has 3 rings (SSSR count). The quantitative estimate of drug-likeness (QED) is 0.731. The molecule has 1 saturated heterocycles. The average Bonchev–Trinajstić information content (AvgIpc) is 3.08. The lowest BCUT2D eigenvalue weighted by atomic mass is 10.1. The van der Waals surface area contributed by atoms with Crippen LogP contribution in [0.2, 0.25) is 10.0 Å². The summed E-state index contributed by atoms with van der Waals surface area (Å²) in [5.41, 5.74) is 1.38. The van der Waals surface area contributed by atoms with Crippen molar-refractivity contribution in [2.75, 3.05) is 17.2 Å². The van der Waals surface area contributed by atoms with Crippen molar-refractivity contribution in [3.8, 4) is 0 Å². The fraction of sp³-hybridized carbons (Fsp3) is 0.286. The molecule has 0 aliphatic carbocycles. The molecule has 1 aliphatic heterocycles. The van der Waals surface area contributed by atoms with E-state index < -0.39 is 0 Å². The SMILES string of the molecule is CC(C)N1CC(C(=O)Nc2ccc(C(=O)Nc3cccc(Cl)c3Cl)cc2)CC1=O. The van der Waals surface area contributed by atoms with Crippen molar-refractivity contribution < 1.29 is 14.4 Å². The van der Waals surface area contributed by atoms with Crippen molar-refractivity contribution in [1.82, 2.24) is 4.90 Å². The fourth-order valence-electron chi connectivity index (χ4n) is 3.15. The second-order valence-electron chi connectivity index (χ2n) is 7.16. The number of halogens is 2. The van der Waals surface area contributed by atoms with Gasteiger partial charge in [0.2, 0.25) is 11.8 Å². The first-order valence-corrected chi connectivity index (χ1v) is 9.97. The molecule has 3 amide bonds. The largest absolute Gasteiger partial charge is 0.339 e. The number of benzene rings is 2. The summed E-state index contributed by atoms with van der Waals surface area (Å²) in [5.74, 6) is -0.935. The number of amides is 3. The van der Waals surface area contributed by atoms with Gasteiger partial charge < -0.3 is 15.5 Å². The Balaban J connectivity index is 1.61. The third-order valence-corrected chi connectivity index (χ3v) is 5.59. The van der Waals surface area contributed by atoms with E-state index in [0.717, 1.165) is 0 Å². The van der Waals surface area contributed by atoms with Gasteiger partial charge in [0.1, 0.15) is 0 Å². The highest BCUT2D eigenvalue weighted by atomic mass is 35.5. The minimum Gasteiger partial charge on any atom is -0.339 e. The molecule has 2 N–H and O–H groups in total. The van der Waals surface area contributed by atoms with Crippen LogP contribution in [0.5, 0.6) is 0 Å². The summed E-state index contributed by atoms with van der Waals surface area (Å²) in [7, 11) is 0. The second kappa shape index (κ2) is 8.84. The van der Waals surface area contributed by atoms with E-state index in [1.54, 1.807) is 47.4 Å². The highest BCUT2D eigenvalue weighted by Crippen LogP contribution is 2.30. The lowest BCUT2D eigenvalue weighted by molar-refractivity contribution is -0.129. The molecule has 1 atom stereocenters. The van der Waals surface area contributed by atoms with Crippen molar-refractivity contribution in [2.45, 2.75) is 26.3 Å². The molecular weight excluding hydrogens is 413 g/mol. The summed E-state index contributed by atoms with van der Waals surface area (Å²) in [6.45, 7) is 4.28. The van der Waals surface area contributed by atoms with Crippen LogP contribution in [0.3, 0.4) is 0 Å². The Morgan fingerprint density at radius 2 is 1.76 bits per heavy atom. The maximum Gasteiger partial charge on any atom is 0.255 e. The Hall–Kier alpha value is -2.57. The number of hydrogen-bond acceptors (Lipinski definition) is 3. The van der Waals surface area contributed by atoms with E-state index in [4.69, 9.17) is 23.2 Å². The molecule has 6 nitrogen and oxygen atoms in total. The molecule has 0 saturated carbocycles. The van der Waals surface area contributed by atoms with Crippen molar-refractivity contribution in [3.05, 3.63) is 58.1 Å². The number of anilines is 2. The van der Waals surface area contributed by atoms with Crippen LogP contribution in [0.25, 0.3) is 0 Å². The molecule has 2 aromatic carbocycles. The van der Waals surface area contributed by atoms with Crippen LogP contribution in [0.4, 0.5) is 11.4 Å². The van der Waals surface area contributed by atoms with Gasteiger partial charge in [0.05, 0.1) is 21.7 Å². The van der Waals surface area contributed by atoms with Crippen LogP contribution < -0.4 is 10.6 Å². The zero-order valence-corrected chi connectivity index (χ0v) is 17.6. The van der Waals surface area contributed by atoms with Crippen molar-refractivity contribution in [3.63, 3.8) is 0 Å². The molecule has 0 spiro atoms. The highest BCUT2D eigenvalue weighted by molar-refractivity contribution is 6.44. The summed E-state index contributed by atoms with van der Waals surface area (Å²) < 4.78 is 0. The van der Waals surface area contributed by atoms with Crippen molar-refractivity contribution >= 4 is 52.3 Å². The van der Waals surface area contributed by atoms with E-state index in [0.29, 0.717) is 28.5 Å². The summed E-state index contributed by atoms with van der Waals surface area (Å²) in [6, 6.07) is 11.5. The molecule has 0 bridgehead atoms. The van der Waals surface area contributed by atoms with Gasteiger partial charge in [-0.05, 0) is 50.2 Å². The number of carbonyl (C=O) groups is 3. The monoisotopic (exact) mass is 433 g/mol. The molecule has 1 aliphatic rings. The molecule has 1 heterocycles. The Morgan fingerprint density at radius 3 is 2.38 bits per heavy atom. The highest BCUT2D eigenvalue weighted by Gasteiger charge is 2.35. The summed E-state index contributed by atoms with van der Waals surface area (Å²) in [5, 5.41) is 6.14. The van der Waals surface area contributed by atoms with Gasteiger partial charge in [-0.25, -0.2) is 0 Å². The van der Waals surface area contributed by atoms with Crippen LogP contribution in [-0.2, 0) is 9.59 Å². The van der Waals surface area contributed by atoms with Crippen LogP contribution in [0.1, 0.15) is 30.6 Å². The normalized spacial score (nSPS) is 16.2. The molecule has 0 aromatic heterocycles. The van der Waals surface area contributed by atoms with Gasteiger partial charge in [0.25, 0.3) is 5.91 Å². The third kappa shape index (κ3) is 4.89. The number of carbonyl (C=O) groups excluding carboxylic acids is 3. The average molecular weight is 434 g/mol. The minimum atomic E-state index is -0.377. The summed E-state index contributed by atoms with van der Waals surface area (Å²) >= 11 is 12.0. The summed E-state index contributed by atoms with van der Waals surface area (Å²) in [4.78, 5) is 38.6. The van der Waals surface area contributed by atoms with E-state index in [1.807, 2.05) is 13.8 Å². The first kappa shape index (κ1) is 21.1. The van der Waals surface area contributed by atoms with Crippen molar-refractivity contribution in [1.29, 1.82) is 0 Å². The van der Waals surface area contributed by atoms with E-state index in [9.17, 15) is 14.4 Å². The van der Waals surface area contributed by atoms with Crippen LogP contribution in [0, 0.1) is 5.92 Å². The molecule has 0 radical (unpaired) electrons. The predicted octanol–water partition coefficient (Wildman–Crippen LogP) is 4.44. The lowest BCUT2D eigenvalue weighted by Gasteiger charge is -2.20. The Kier molecular flexibility index (Phi) is 6.45. The number of hydrogen-bond donors (Lipinski definition) is 2. The van der Waals surface area contributed by atoms with Gasteiger partial charge in [-0.15, -0.1) is 0 Å². The molecule has 8 heteroatoms. The van der Waals surface area contributed by atoms with Gasteiger partial charge in [-0.3, -0.25) is 14.4 Å². The Morgan fingerprint density at radius 1 is 1.07 bits per heavy atom. The van der Waals surface area contributed by atoms with E-state index in [1.165, 1.54) is 0 Å². The predicted molar refractivity (Wildman–Crippen MR) is 114 cm³/mol. The first-order chi connectivity index (χ1) is 13.8. The van der Waals surface area contributed by atoms with Crippen LogP contribution in [0.15, 0.2) is 42.5 Å². The van der Waals surface area contributed by atoms with E-state index >= 15 is 0 Å². The van der Waals surface area contributed by atoms with Gasteiger partial charge in [0.15, 0.2) is 0 Å². The summed E-state index contributed by atoms with van der Waals surface area (Å²) in [6.07, 6.45) is 0.213. The van der Waals surface area contributed by atoms with Gasteiger partial charge >= 0.3 is 0 Å². The minimum absolute atomic E-state index is 0.00755. The number of nitrogens with zero attached hydrogens (tertiary/aromatic N) is 1. The van der Waals surface area contributed by atoms with Gasteiger partial charge in [0, 0.05) is 30.3 Å². The Bertz CT molecular complexity index is 945. The van der Waals surface area contributed by atoms with Gasteiger partial charge in [-0.1, -0.05) is 29.3 Å². The maximum atomic E-state index is 12.5. The number of nitrogens with one attached hydrogen (secondary N) is 2. The topological polar surface area (TPSA) is 78.5 Å². The van der Waals surface area contributed by atoms with Gasteiger partial charge in [-0.2, -0.15) is 0 Å². The van der Waals surface area contributed by atoms with E-state index in [2.05, 4.69) is 10.6 Å². The first-order valence-electron chi connectivity index (χ1n) is 9.22. The lowest BCUT2D eigenvalue weighted by Crippen LogP contribution is -2.33. The van der Waals surface area contributed by atoms with Crippen molar-refractivity contribution in [2.24, 2.45) is 5.92 Å². The van der Waals surface area contributed by atoms with Crippen LogP contribution >= 0.6 is 23.2 Å². The Labute approximate surface area is 179 Å². The fourth-order valence-corrected chi connectivity index (χ4v) is 3.50. The third-order valence-electron chi connectivity index (χ3n) is 4.77. The number of likely N-dealkylation sites (tertiary alicyclic amines) is 1. The number of rotatable bonds is 5. The molecule has 1 fully saturated rings. The zero-order valence-electron chi connectivity index (χ0n) is 16.0. The maximum absolute atomic E-state index is 12.5. The molecule has 152 valence electrons. The van der Waals surface area contributed by atoms with E-state index in [-0.39, 0.29) is 41.1 Å². The molecule has 2 aromatic rings. The standard InChI is InChI=1S/C21H21Cl2N3O3/c1-12(2)26-11-14(10-18(26)27)21(29)24-15-8-6-13(7-9-15)20(28)25-17-5-3-4-16(22)19(17)23/h3-9,12,14H,10-11H2,1-2H3,(H,24,29)(H,25,28). The smallest absolute Gasteiger partial charge is 0.255 e. The molecular formula is C21H21Cl2N3O3.